The van der Waals surface area contributed by atoms with E-state index < -0.39 is 0 Å². The first-order valence-corrected chi connectivity index (χ1v) is 26.6. The summed E-state index contributed by atoms with van der Waals surface area (Å²) in [7, 11) is 17.0. The maximum atomic E-state index is 4.56. The van der Waals surface area contributed by atoms with E-state index in [2.05, 4.69) is 106 Å². The van der Waals surface area contributed by atoms with Gasteiger partial charge in [0.25, 0.3) is 0 Å². The number of thiocarbonyl (C=S) groups is 2. The van der Waals surface area contributed by atoms with Crippen molar-refractivity contribution in [3.05, 3.63) is 0 Å². The molecular weight excluding hydrogens is 843 g/mol. The molecule has 0 saturated heterocycles. The molecule has 0 aliphatic carbocycles. The molecule has 0 spiro atoms. The first-order chi connectivity index (χ1) is 27.5. The minimum atomic E-state index is 0. The van der Waals surface area contributed by atoms with Crippen LogP contribution in [-0.2, 0) is 25.3 Å². The Morgan fingerprint density at radius 2 is 0.450 bits per heavy atom. The van der Waals surface area contributed by atoms with Crippen molar-refractivity contribution < 1.29 is 50.9 Å². The van der Waals surface area contributed by atoms with Crippen molar-refractivity contribution in [1.82, 2.24) is 9.80 Å². The molecule has 10 heteroatoms. The van der Waals surface area contributed by atoms with Crippen molar-refractivity contribution in [3.8, 4) is 0 Å². The molecule has 0 amide bonds. The van der Waals surface area contributed by atoms with E-state index >= 15 is 0 Å². The molecule has 0 aromatic heterocycles. The molecule has 60 heavy (non-hydrogen) atoms. The van der Waals surface area contributed by atoms with E-state index in [9.17, 15) is 0 Å². The fraction of sp³-hybridized carbons (Fsp3) is 0.960. The fourth-order valence-electron chi connectivity index (χ4n) is 6.92. The molecule has 0 unspecified atom stereocenters. The smallest absolute Gasteiger partial charge is 1.00 e. The minimum Gasteiger partial charge on any atom is -1.00 e. The standard InChI is InChI=1S/2C22H48N.2C3H7NS2.ClH.Na/c2*1-5-7-9-11-13-15-17-19-21-23(3,4)22-20-18-16-14-12-10-8-6-2;2*1-4(2)3(5)6;;/h2*5-22H2,1-4H3;2*1-2H3,(H,5,6);1H;/q2*+1;;;;+1/p-3. The largest absolute Gasteiger partial charge is 1.00 e. The van der Waals surface area contributed by atoms with E-state index in [-0.39, 0.29) is 42.0 Å². The van der Waals surface area contributed by atoms with Crippen molar-refractivity contribution in [2.75, 3.05) is 82.6 Å². The minimum absolute atomic E-state index is 0. The molecule has 0 heterocycles. The average Bonchev–Trinajstić information content (AvgIpc) is 3.16. The molecular formula is C50H108ClN4NaS4. The van der Waals surface area contributed by atoms with E-state index in [0.717, 1.165) is 0 Å². The van der Waals surface area contributed by atoms with Gasteiger partial charge in [0.2, 0.25) is 0 Å². The van der Waals surface area contributed by atoms with Crippen LogP contribution in [0.25, 0.3) is 0 Å². The predicted octanol–water partition coefficient (Wildman–Crippen LogP) is 9.46. The molecule has 0 aromatic rings. The van der Waals surface area contributed by atoms with Gasteiger partial charge in [0.15, 0.2) is 0 Å². The van der Waals surface area contributed by atoms with Gasteiger partial charge in [0.1, 0.15) is 0 Å². The Bertz CT molecular complexity index is 724. The van der Waals surface area contributed by atoms with Crippen LogP contribution in [0.5, 0.6) is 0 Å². The van der Waals surface area contributed by atoms with E-state index in [0.29, 0.717) is 8.64 Å². The van der Waals surface area contributed by atoms with Gasteiger partial charge in [0, 0.05) is 28.2 Å². The average molecular weight is 952 g/mol. The number of hydrogen-bond donors (Lipinski definition) is 0. The van der Waals surface area contributed by atoms with Crippen LogP contribution < -0.4 is 42.0 Å². The van der Waals surface area contributed by atoms with Crippen LogP contribution in [0.15, 0.2) is 0 Å². The van der Waals surface area contributed by atoms with Gasteiger partial charge in [-0.1, -0.05) is 190 Å². The third-order valence-corrected chi connectivity index (χ3v) is 12.7. The number of nitrogens with zero attached hydrogens (tertiary/aromatic N) is 4. The summed E-state index contributed by atoms with van der Waals surface area (Å²) in [5.41, 5.74) is 0. The van der Waals surface area contributed by atoms with Crippen LogP contribution in [0.2, 0.25) is 0 Å². The molecule has 0 radical (unpaired) electrons. The second-order valence-corrected chi connectivity index (χ2v) is 21.0. The van der Waals surface area contributed by atoms with Crippen molar-refractivity contribution in [2.45, 2.75) is 233 Å². The number of rotatable bonds is 36. The number of unbranched alkanes of at least 4 members (excludes halogenated alkanes) is 28. The maximum Gasteiger partial charge on any atom is 1.00 e. The summed E-state index contributed by atoms with van der Waals surface area (Å²) in [6.45, 7) is 14.7. The summed E-state index contributed by atoms with van der Waals surface area (Å²) in [6, 6.07) is 0. The number of halogens is 1. The molecule has 0 aromatic carbocycles. The Morgan fingerprint density at radius 1 is 0.333 bits per heavy atom. The van der Waals surface area contributed by atoms with Crippen LogP contribution in [0.1, 0.15) is 233 Å². The fourth-order valence-corrected chi connectivity index (χ4v) is 6.92. The van der Waals surface area contributed by atoms with Gasteiger partial charge in [-0.05, 0) is 51.4 Å². The van der Waals surface area contributed by atoms with Crippen LogP contribution in [0, 0.1) is 0 Å². The third kappa shape index (κ3) is 71.1. The molecule has 4 nitrogen and oxygen atoms in total. The summed E-state index contributed by atoms with van der Waals surface area (Å²) in [5, 5.41) is 0. The van der Waals surface area contributed by atoms with Crippen LogP contribution in [0.4, 0.5) is 0 Å². The summed E-state index contributed by atoms with van der Waals surface area (Å²) in [4.78, 5) is 3.43. The van der Waals surface area contributed by atoms with Crippen LogP contribution in [0.3, 0.4) is 0 Å². The normalized spacial score (nSPS) is 10.7. The Balaban J connectivity index is -0.000000186. The van der Waals surface area contributed by atoms with Crippen molar-refractivity contribution >= 4 is 58.3 Å². The molecule has 0 N–H and O–H groups in total. The van der Waals surface area contributed by atoms with Crippen LogP contribution >= 0.6 is 24.4 Å². The van der Waals surface area contributed by atoms with Gasteiger partial charge in [-0.3, -0.25) is 0 Å². The predicted molar refractivity (Wildman–Crippen MR) is 281 cm³/mol. The Morgan fingerprint density at radius 3 is 0.567 bits per heavy atom. The molecule has 0 aliphatic heterocycles. The first-order valence-electron chi connectivity index (χ1n) is 24.9. The van der Waals surface area contributed by atoms with Crippen molar-refractivity contribution in [1.29, 1.82) is 0 Å². The number of hydrogen-bond acceptors (Lipinski definition) is 4. The summed E-state index contributed by atoms with van der Waals surface area (Å²) in [6.07, 6.45) is 46.1. The van der Waals surface area contributed by atoms with Gasteiger partial charge in [-0.25, -0.2) is 0 Å². The second-order valence-electron chi connectivity index (χ2n) is 19.0. The first kappa shape index (κ1) is 73.0. The Kier molecular flexibility index (Phi) is 68.8. The molecule has 0 aliphatic rings. The molecule has 0 saturated carbocycles. The zero-order valence-corrected chi connectivity index (χ0v) is 49.3. The number of quaternary nitrogens is 2. The van der Waals surface area contributed by atoms with E-state index in [1.165, 1.54) is 241 Å². The second kappa shape index (κ2) is 56.6. The van der Waals surface area contributed by atoms with Gasteiger partial charge in [-0.2, -0.15) is 0 Å². The zero-order valence-electron chi connectivity index (χ0n) is 43.3. The van der Waals surface area contributed by atoms with Gasteiger partial charge < -0.3 is 80.9 Å². The third-order valence-electron chi connectivity index (χ3n) is 11.2. The Labute approximate surface area is 431 Å². The molecule has 0 rings (SSSR count). The van der Waals surface area contributed by atoms with Crippen LogP contribution in [-0.4, -0.2) is 110 Å². The van der Waals surface area contributed by atoms with E-state index in [4.69, 9.17) is 0 Å². The molecule has 0 atom stereocenters. The van der Waals surface area contributed by atoms with Crippen molar-refractivity contribution in [2.24, 2.45) is 0 Å². The topological polar surface area (TPSA) is 6.48 Å². The summed E-state index contributed by atoms with van der Waals surface area (Å²) in [5.74, 6) is 0. The van der Waals surface area contributed by atoms with Gasteiger partial charge >= 0.3 is 29.6 Å². The maximum absolute atomic E-state index is 4.56. The summed E-state index contributed by atoms with van der Waals surface area (Å²) < 4.78 is 3.50. The van der Waals surface area contributed by atoms with E-state index in [1.807, 2.05) is 28.2 Å². The van der Waals surface area contributed by atoms with E-state index in [1.54, 1.807) is 9.80 Å². The quantitative estimate of drug-likeness (QED) is 0.0202. The molecule has 360 valence electrons. The molecule has 0 bridgehead atoms. The Hall–Kier alpha value is 1.43. The zero-order chi connectivity index (χ0) is 44.8. The van der Waals surface area contributed by atoms with Gasteiger partial charge in [-0.15, -0.1) is 0 Å². The van der Waals surface area contributed by atoms with Gasteiger partial charge in [0.05, 0.1) is 54.4 Å². The van der Waals surface area contributed by atoms with Crippen molar-refractivity contribution in [3.63, 3.8) is 0 Å². The summed E-state index contributed by atoms with van der Waals surface area (Å²) >= 11 is 18.2. The SMILES string of the molecule is CCCCCCCCCC[N+](C)(C)CCCCCCCCCC.CCCCCCCCCC[N+](C)(C)CCCCCCCCCC.CN(C)C(=S)[S-].CN(C)C(=S)[S-].[Cl-].[Na+]. The molecule has 0 fully saturated rings. The monoisotopic (exact) mass is 951 g/mol.